The Bertz CT molecular complexity index is 1570. The van der Waals surface area contributed by atoms with Crippen molar-refractivity contribution in [3.05, 3.63) is 30.1 Å². The summed E-state index contributed by atoms with van der Waals surface area (Å²) in [5.41, 5.74) is 10.2. The fraction of sp³-hybridized carbons (Fsp3) is 0.594. The summed E-state index contributed by atoms with van der Waals surface area (Å²) in [5, 5.41) is 28.0. The van der Waals surface area contributed by atoms with Crippen molar-refractivity contribution in [2.75, 3.05) is 44.2 Å². The number of anilines is 3. The van der Waals surface area contributed by atoms with E-state index in [2.05, 4.69) is 25.4 Å². The van der Waals surface area contributed by atoms with E-state index in [-0.39, 0.29) is 42.1 Å². The molecule has 0 bridgehead atoms. The maximum Gasteiger partial charge on any atom is 0.406 e. The van der Waals surface area contributed by atoms with Crippen LogP contribution in [0.25, 0.3) is 0 Å². The van der Waals surface area contributed by atoms with Crippen LogP contribution in [0.1, 0.15) is 47.5 Å². The van der Waals surface area contributed by atoms with E-state index in [9.17, 15) is 28.8 Å². The molecule has 1 amide bonds. The Hall–Kier alpha value is -3.77. The Balaban J connectivity index is 1.77. The second-order valence-corrected chi connectivity index (χ2v) is 14.5. The highest BCUT2D eigenvalue weighted by Gasteiger charge is 2.66. The third-order valence-electron chi connectivity index (χ3n) is 8.06. The summed E-state index contributed by atoms with van der Waals surface area (Å²) >= 11 is 0. The number of aliphatic imine (C=N–C) groups is 1. The number of aliphatic hydroxyl groups excluding tert-OH is 1. The van der Waals surface area contributed by atoms with Crippen molar-refractivity contribution in [2.45, 2.75) is 77.4 Å². The lowest BCUT2D eigenvalue weighted by Gasteiger charge is -2.30. The number of nitrogens with two attached hydrogens (primary N) is 2. The van der Waals surface area contributed by atoms with Gasteiger partial charge in [0.1, 0.15) is 29.7 Å². The Morgan fingerprint density at radius 3 is 2.39 bits per heavy atom. The molecule has 5 unspecified atom stereocenters. The molecule has 1 aliphatic carbocycles. The molecule has 1 saturated carbocycles. The number of carbonyl (C=O) groups is 2. The van der Waals surface area contributed by atoms with Crippen LogP contribution in [0.5, 0.6) is 5.88 Å². The molecule has 1 fully saturated rings. The SMILES string of the molecule is COc1nc(N)nc(N)c1N=CC1C(C)[C@@]1(O)C(O)C(COP(=O)(N[C@@H](CC(C)C)C(=O)OC(C)C)OCCC(=O)Nc1ccc(F)cc1)OC. The van der Waals surface area contributed by atoms with Crippen molar-refractivity contribution in [2.24, 2.45) is 22.7 Å². The molecule has 284 valence electrons. The highest BCUT2D eigenvalue weighted by molar-refractivity contribution is 7.51. The van der Waals surface area contributed by atoms with Crippen LogP contribution in [0.3, 0.4) is 0 Å². The number of aromatic nitrogens is 2. The minimum absolute atomic E-state index is 0.0149. The molecule has 17 nitrogen and oxygen atoms in total. The number of carbonyl (C=O) groups excluding carboxylic acids is 2. The first-order valence-electron chi connectivity index (χ1n) is 16.3. The molecular weight excluding hydrogens is 692 g/mol. The summed E-state index contributed by atoms with van der Waals surface area (Å²) in [4.78, 5) is 37.6. The third kappa shape index (κ3) is 11.4. The number of ether oxygens (including phenoxy) is 3. The molecule has 3 rings (SSSR count). The average molecular weight is 742 g/mol. The van der Waals surface area contributed by atoms with Crippen LogP contribution in [0, 0.1) is 23.6 Å². The highest BCUT2D eigenvalue weighted by atomic mass is 31.2. The van der Waals surface area contributed by atoms with Gasteiger partial charge in [-0.2, -0.15) is 9.97 Å². The number of halogens is 1. The molecule has 0 saturated heterocycles. The second kappa shape index (κ2) is 18.1. The van der Waals surface area contributed by atoms with Gasteiger partial charge < -0.3 is 41.2 Å². The number of nitrogens with one attached hydrogen (secondary N) is 2. The number of methoxy groups -OCH3 is 2. The number of nitrogens with zero attached hydrogens (tertiary/aromatic N) is 3. The van der Waals surface area contributed by atoms with Gasteiger partial charge in [0, 0.05) is 24.9 Å². The number of nitrogen functional groups attached to an aromatic ring is 2. The zero-order chi connectivity index (χ0) is 38.1. The molecule has 19 heteroatoms. The number of hydrogen-bond acceptors (Lipinski definition) is 15. The largest absolute Gasteiger partial charge is 0.479 e. The van der Waals surface area contributed by atoms with E-state index >= 15 is 0 Å². The molecule has 1 heterocycles. The first-order chi connectivity index (χ1) is 23.9. The van der Waals surface area contributed by atoms with E-state index in [1.165, 1.54) is 44.7 Å². The zero-order valence-corrected chi connectivity index (χ0v) is 30.6. The summed E-state index contributed by atoms with van der Waals surface area (Å²) in [5.74, 6) is -3.14. The van der Waals surface area contributed by atoms with Crippen molar-refractivity contribution in [3.63, 3.8) is 0 Å². The normalized spacial score (nSPS) is 21.6. The summed E-state index contributed by atoms with van der Waals surface area (Å²) in [7, 11) is -1.84. The summed E-state index contributed by atoms with van der Waals surface area (Å²) in [6.45, 7) is 7.70. The molecule has 0 spiro atoms. The molecular formula is C32H49FN7O10P. The molecule has 8 N–H and O–H groups in total. The molecule has 0 radical (unpaired) electrons. The Kier molecular flexibility index (Phi) is 14.8. The minimum atomic E-state index is -4.45. The van der Waals surface area contributed by atoms with Crippen LogP contribution in [0.15, 0.2) is 29.3 Å². The number of benzene rings is 1. The number of aliphatic hydroxyl groups is 2. The van der Waals surface area contributed by atoms with E-state index in [1.54, 1.807) is 20.8 Å². The van der Waals surface area contributed by atoms with E-state index < -0.39 is 80.4 Å². The van der Waals surface area contributed by atoms with Crippen molar-refractivity contribution in [1.29, 1.82) is 0 Å². The van der Waals surface area contributed by atoms with E-state index in [0.717, 1.165) is 0 Å². The van der Waals surface area contributed by atoms with Gasteiger partial charge in [0.05, 0.1) is 32.8 Å². The maximum absolute atomic E-state index is 14.2. The predicted molar refractivity (Wildman–Crippen MR) is 187 cm³/mol. The first-order valence-corrected chi connectivity index (χ1v) is 17.8. The van der Waals surface area contributed by atoms with Gasteiger partial charge in [-0.25, -0.2) is 14.0 Å². The second-order valence-electron chi connectivity index (χ2n) is 12.8. The number of esters is 1. The standard InChI is InChI=1S/C32H49FN7O10P/c1-17(2)14-23(30(43)50-18(3)4)40-51(45,48-13-12-25(41)37-21-10-8-20(33)9-11-21)49-16-24(46-6)27(42)32(44)19(5)22(32)15-36-26-28(34)38-31(35)39-29(26)47-7/h8-11,15,17-19,22-24,27,42,44H,12-14,16H2,1-7H3,(H,37,41)(H,40,45)(H4,34,35,38,39)/t19?,22?,23-,24?,27?,32-,51?/m0/s1. The topological polar surface area (TPSA) is 252 Å². The lowest BCUT2D eigenvalue weighted by atomic mass is 10.0. The minimum Gasteiger partial charge on any atom is -0.479 e. The monoisotopic (exact) mass is 741 g/mol. The first kappa shape index (κ1) is 41.6. The van der Waals surface area contributed by atoms with Gasteiger partial charge in [0.25, 0.3) is 0 Å². The van der Waals surface area contributed by atoms with Gasteiger partial charge in [-0.3, -0.25) is 23.6 Å². The molecule has 7 atom stereocenters. The maximum atomic E-state index is 14.2. The predicted octanol–water partition coefficient (Wildman–Crippen LogP) is 2.99. The smallest absolute Gasteiger partial charge is 0.406 e. The van der Waals surface area contributed by atoms with Gasteiger partial charge in [0.2, 0.25) is 17.7 Å². The van der Waals surface area contributed by atoms with Crippen molar-refractivity contribution < 1.29 is 52.0 Å². The summed E-state index contributed by atoms with van der Waals surface area (Å²) < 4.78 is 54.7. The summed E-state index contributed by atoms with van der Waals surface area (Å²) in [6, 6.07) is 3.98. The quantitative estimate of drug-likeness (QED) is 0.0648. The van der Waals surface area contributed by atoms with Crippen LogP contribution in [-0.2, 0) is 32.7 Å². The van der Waals surface area contributed by atoms with Crippen LogP contribution in [0.2, 0.25) is 0 Å². The van der Waals surface area contributed by atoms with Crippen molar-refractivity contribution >= 4 is 49.0 Å². The van der Waals surface area contributed by atoms with Crippen LogP contribution in [-0.4, -0.2) is 95.7 Å². The van der Waals surface area contributed by atoms with E-state index in [1.807, 2.05) is 13.8 Å². The van der Waals surface area contributed by atoms with E-state index in [0.29, 0.717) is 5.69 Å². The lowest BCUT2D eigenvalue weighted by molar-refractivity contribution is -0.150. The molecule has 1 aromatic heterocycles. The molecule has 0 aliphatic heterocycles. The van der Waals surface area contributed by atoms with Crippen LogP contribution < -0.4 is 26.6 Å². The van der Waals surface area contributed by atoms with Gasteiger partial charge >= 0.3 is 13.7 Å². The van der Waals surface area contributed by atoms with Crippen LogP contribution in [0.4, 0.5) is 27.5 Å². The van der Waals surface area contributed by atoms with Crippen molar-refractivity contribution in [3.8, 4) is 5.88 Å². The molecule has 51 heavy (non-hydrogen) atoms. The fourth-order valence-corrected chi connectivity index (χ4v) is 6.76. The Labute approximate surface area is 296 Å². The lowest BCUT2D eigenvalue weighted by Crippen LogP contribution is -2.45. The number of amides is 1. The van der Waals surface area contributed by atoms with Gasteiger partial charge in [0.15, 0.2) is 11.5 Å². The molecule has 2 aromatic rings. The van der Waals surface area contributed by atoms with Crippen molar-refractivity contribution in [1.82, 2.24) is 15.1 Å². The molecule has 1 aromatic carbocycles. The number of rotatable bonds is 20. The third-order valence-corrected chi connectivity index (χ3v) is 9.70. The van der Waals surface area contributed by atoms with Gasteiger partial charge in [-0.05, 0) is 56.4 Å². The van der Waals surface area contributed by atoms with Gasteiger partial charge in [-0.15, -0.1) is 0 Å². The fourth-order valence-electron chi connectivity index (χ4n) is 5.27. The Morgan fingerprint density at radius 1 is 1.14 bits per heavy atom. The Morgan fingerprint density at radius 2 is 1.80 bits per heavy atom. The molecule has 1 aliphatic rings. The van der Waals surface area contributed by atoms with Gasteiger partial charge in [-0.1, -0.05) is 20.8 Å². The van der Waals surface area contributed by atoms with E-state index in [4.69, 9.17) is 34.7 Å². The zero-order valence-electron chi connectivity index (χ0n) is 29.7. The van der Waals surface area contributed by atoms with Crippen LogP contribution >= 0.6 is 7.75 Å². The highest BCUT2D eigenvalue weighted by Crippen LogP contribution is 2.53. The average Bonchev–Trinajstić information content (AvgIpc) is 3.59. The number of hydrogen-bond donors (Lipinski definition) is 6. The summed E-state index contributed by atoms with van der Waals surface area (Å²) in [6.07, 6.45) is -2.05.